The highest BCUT2D eigenvalue weighted by molar-refractivity contribution is 6.29. The number of carbonyl (C=O) groups is 8. The van der Waals surface area contributed by atoms with Gasteiger partial charge in [0, 0.05) is 161 Å². The van der Waals surface area contributed by atoms with Gasteiger partial charge < -0.3 is 118 Å². The quantitative estimate of drug-likeness (QED) is 0.0325. The molecule has 0 atom stereocenters. The maximum atomic E-state index is 12.4. The first-order valence-corrected chi connectivity index (χ1v) is 52.2. The van der Waals surface area contributed by atoms with E-state index in [-0.39, 0.29) is 112 Å². The van der Waals surface area contributed by atoms with Crippen LogP contribution in [0.4, 0.5) is 51.0 Å². The number of hydrogen-bond donors (Lipinski definition) is 6. The number of nitrogens with one attached hydrogen (secondary N) is 3. The summed E-state index contributed by atoms with van der Waals surface area (Å²) in [5.41, 5.74) is 11.9. The number of nitrogens with zero attached hydrogens (tertiary/aromatic N) is 20. The maximum absolute atomic E-state index is 12.4. The van der Waals surface area contributed by atoms with Crippen molar-refractivity contribution in [3.8, 4) is 34.7 Å². The van der Waals surface area contributed by atoms with Gasteiger partial charge in [0.05, 0.1) is 59.7 Å². The fourth-order valence-corrected chi connectivity index (χ4v) is 19.5. The van der Waals surface area contributed by atoms with Crippen molar-refractivity contribution in [2.45, 2.75) is 307 Å². The van der Waals surface area contributed by atoms with Crippen LogP contribution in [0.1, 0.15) is 263 Å². The molecule has 19 rings (SSSR count). The monoisotopic (exact) mass is 2060 g/mol. The summed E-state index contributed by atoms with van der Waals surface area (Å²) in [4.78, 5) is 133. The maximum Gasteiger partial charge on any atom is 0.410 e. The van der Waals surface area contributed by atoms with Crippen molar-refractivity contribution < 1.29 is 75.0 Å². The molecule has 4 aromatic heterocycles. The van der Waals surface area contributed by atoms with Crippen LogP contribution in [-0.4, -0.2) is 291 Å². The average Bonchev–Trinajstić information content (AvgIpc) is 1.63. The molecule has 9 saturated heterocycles. The first-order chi connectivity index (χ1) is 67.2. The second kappa shape index (κ2) is 49.9. The van der Waals surface area contributed by atoms with Gasteiger partial charge in [0.15, 0.2) is 23.4 Å². The number of hydrogen-bond acceptors (Lipinski definition) is 23. The van der Waals surface area contributed by atoms with E-state index >= 15 is 0 Å². The molecule has 6 saturated carbocycles. The van der Waals surface area contributed by atoms with Gasteiger partial charge in [-0.15, -0.1) is 22.4 Å². The molecular weight excluding hydrogens is 1900 g/mol. The number of aldehydes is 1. The Hall–Kier alpha value is -10.4. The lowest BCUT2D eigenvalue weighted by atomic mass is 9.74. The summed E-state index contributed by atoms with van der Waals surface area (Å²) < 4.78 is 24.8. The summed E-state index contributed by atoms with van der Waals surface area (Å²) in [5.74, 6) is 5.74. The number of halogens is 3. The summed E-state index contributed by atoms with van der Waals surface area (Å²) >= 11 is 5.73. The van der Waals surface area contributed by atoms with E-state index in [0.717, 1.165) is 177 Å². The van der Waals surface area contributed by atoms with Crippen molar-refractivity contribution in [2.24, 2.45) is 71.9 Å². The van der Waals surface area contributed by atoms with Gasteiger partial charge in [-0.3, -0.25) is 9.36 Å². The van der Waals surface area contributed by atoms with Gasteiger partial charge in [-0.25, -0.2) is 43.5 Å². The van der Waals surface area contributed by atoms with Crippen LogP contribution in [0.25, 0.3) is 32.2 Å². The molecule has 9 N–H and O–H groups in total. The van der Waals surface area contributed by atoms with Crippen molar-refractivity contribution in [3.63, 3.8) is 0 Å². The van der Waals surface area contributed by atoms with Crippen molar-refractivity contribution in [2.75, 3.05) is 129 Å². The smallest absolute Gasteiger partial charge is 0.410 e. The van der Waals surface area contributed by atoms with Gasteiger partial charge in [-0.05, 0) is 266 Å². The summed E-state index contributed by atoms with van der Waals surface area (Å²) in [6.45, 7) is 51.9. The molecule has 0 bridgehead atoms. The van der Waals surface area contributed by atoms with Crippen LogP contribution in [0.2, 0.25) is 5.15 Å². The zero-order chi connectivity index (χ0) is 103. The Morgan fingerprint density at radius 3 is 1.17 bits per heavy atom. The van der Waals surface area contributed by atoms with Crippen LogP contribution >= 0.6 is 24.0 Å². The molecule has 15 fully saturated rings. The number of amides is 10. The zero-order valence-electron chi connectivity index (χ0n) is 87.5. The minimum absolute atomic E-state index is 0. The van der Waals surface area contributed by atoms with Gasteiger partial charge in [0.2, 0.25) is 0 Å². The van der Waals surface area contributed by atoms with Gasteiger partial charge in [0.25, 0.3) is 11.6 Å². The van der Waals surface area contributed by atoms with E-state index in [0.29, 0.717) is 87.8 Å². The molecule has 3 spiro atoms. The lowest BCUT2D eigenvalue weighted by molar-refractivity contribution is -0.666. The standard InChI is InChI=1S/C20H24N8O.C16H27N3O3.C16H30N2O2.C16H26N2O2.C11H19N3O2.C11H19N3O.C9H6ClN5.C4H6O.2ClH/c1-21-18-17(15-9-24-26(2)12-15)25-16(10-22-18)27-7-5-20(6-8-27)13-23-19(29)28(20)11-14-3-4-14;1-15(2,3)22-14(21)18-8-6-16(7-9-18)11-17-13(20)19(16)10-12-4-5-12;2*1-15(2,3)20-14(19)18-10-8-16(12-17,9-11-18)7-6-13-4-5-13;1-10(2,3)16-9(15)14-6-4-11(13,8-12)5-7-14;15-10-13-8-11(3-5-12-6-4-11)14(10)7-9-1-2-9;1-11-9-8(14-7(10)4-12-9)6-3-13-15(2)5-6;5-3-4-1-2-4;;/h9-10,12,14H,3-8,11,13H2,2H3,(H,23,29);12H,4-11H2,1-3H3,(H,17,20);13H,4-12,17H2,1-3H3;13H,4-11H2,1-3H3;4-7,13H2,1-3H3;9,12H,1-8H2,(H,13,15);3-5H,2H3;3-4H,1-2H2;2*1H. The first-order valence-electron chi connectivity index (χ1n) is 51.8. The molecule has 9 aliphatic heterocycles. The lowest BCUT2D eigenvalue weighted by Gasteiger charge is -2.44. The number of piperidine rings is 6. The van der Waals surface area contributed by atoms with Crippen LogP contribution in [0.5, 0.6) is 0 Å². The van der Waals surface area contributed by atoms with Gasteiger partial charge >= 0.3 is 42.5 Å². The summed E-state index contributed by atoms with van der Waals surface area (Å²) in [7, 11) is 3.63. The molecule has 0 aromatic carbocycles. The fraction of sp³-hybridized carbons (Fsp3) is 0.748. The van der Waals surface area contributed by atoms with E-state index in [1.54, 1.807) is 55.9 Å². The van der Waals surface area contributed by atoms with E-state index in [2.05, 4.69) is 82.9 Å². The third kappa shape index (κ3) is 34.1. The predicted octanol–water partition coefficient (Wildman–Crippen LogP) is 12.1. The number of aryl methyl sites for hydroxylation is 2. The van der Waals surface area contributed by atoms with E-state index in [9.17, 15) is 43.6 Å². The Morgan fingerprint density at radius 1 is 0.500 bits per heavy atom. The van der Waals surface area contributed by atoms with E-state index < -0.39 is 27.9 Å². The Kier molecular flexibility index (Phi) is 40.0. The molecule has 15 aliphatic rings. The van der Waals surface area contributed by atoms with Gasteiger partial charge in [0.1, 0.15) is 45.6 Å². The molecule has 41 heteroatoms. The Balaban J connectivity index is 0.000000172. The van der Waals surface area contributed by atoms with Gasteiger partial charge in [-0.1, -0.05) is 50.4 Å². The molecular formula is C103H159Cl3N26O12. The molecule has 144 heavy (non-hydrogen) atoms. The minimum Gasteiger partial charge on any atom is -1.00 e. The third-order valence-electron chi connectivity index (χ3n) is 29.6. The van der Waals surface area contributed by atoms with Crippen molar-refractivity contribution >= 4 is 90.2 Å². The van der Waals surface area contributed by atoms with Crippen LogP contribution in [0.3, 0.4) is 0 Å². The van der Waals surface area contributed by atoms with E-state index in [4.69, 9.17) is 65.4 Å². The highest BCUT2D eigenvalue weighted by atomic mass is 35.5. The number of rotatable bonds is 17. The largest absolute Gasteiger partial charge is 1.00 e. The average molecular weight is 2060 g/mol. The number of ether oxygens (including phenoxy) is 4. The fourth-order valence-electron chi connectivity index (χ4n) is 19.4. The molecule has 38 nitrogen and oxygen atoms in total. The van der Waals surface area contributed by atoms with Crippen LogP contribution in [0, 0.1) is 82.1 Å². The summed E-state index contributed by atoms with van der Waals surface area (Å²) in [6.07, 6.45) is 40.6. The number of aromatic nitrogens is 8. The highest BCUT2D eigenvalue weighted by Crippen LogP contribution is 2.47. The first kappa shape index (κ1) is 116. The minimum atomic E-state index is -0.779. The molecule has 794 valence electrons. The van der Waals surface area contributed by atoms with Crippen molar-refractivity contribution in [3.05, 3.63) is 65.2 Å². The number of urea groups is 3. The topological polar surface area (TPSA) is 448 Å². The third-order valence-corrected chi connectivity index (χ3v) is 29.7. The number of anilines is 1. The number of likely N-dealkylation sites (tertiary alicyclic amines) is 4. The van der Waals surface area contributed by atoms with E-state index in [1.807, 2.05) is 106 Å². The number of quaternary nitrogens is 1. The van der Waals surface area contributed by atoms with Crippen LogP contribution < -0.4 is 50.0 Å². The van der Waals surface area contributed by atoms with Gasteiger partial charge in [-0.2, -0.15) is 20.7 Å². The predicted molar refractivity (Wildman–Crippen MR) is 545 cm³/mol. The summed E-state index contributed by atoms with van der Waals surface area (Å²) in [6, 6.07) is 4.96. The normalized spacial score (nSPS) is 21.3. The molecule has 10 amide bonds. The number of carbonyl (C=O) groups excluding carboxylic acids is 8. The molecule has 0 radical (unpaired) electrons. The Bertz CT molecular complexity index is 5130. The zero-order valence-corrected chi connectivity index (χ0v) is 89.8. The van der Waals surface area contributed by atoms with Crippen LogP contribution in [0.15, 0.2) is 37.2 Å². The number of nitriles is 2. The second-order valence-electron chi connectivity index (χ2n) is 46.1. The Labute approximate surface area is 868 Å². The SMILES string of the molecule is CC(C)(C)OC(=O)N1CCC(C#N)(CCC2CC2)CC1.CC(C)(C)OC(=O)N1CCC(CN)(CCC2CC2)CC1.CC(C)(C)OC(=O)N1CCC(N)(C#N)CC1.CC(C)(C)OC(=O)N1CCC2(CC1)CNC(=O)N2CC1CC1.Cl.O=C1NCC2(CC[NH2+]CC2)N1CC1CC1.O=CC1CC1.[C-]#[N+]c1ncc(Cl)nc1-c1cnn(C)c1.[C-]#[N+]c1ncc(N2CCC3(CC2)CNC(=O)N3CC2CC2)nc1-c1cnn(C)c1.[Cl-]. The Morgan fingerprint density at radius 2 is 0.847 bits per heavy atom. The molecule has 0 unspecified atom stereocenters. The molecule has 6 aliphatic carbocycles. The summed E-state index contributed by atoms with van der Waals surface area (Å²) in [5, 5.41) is 38.3. The number of nitrogens with two attached hydrogens (primary N) is 3. The van der Waals surface area contributed by atoms with Crippen LogP contribution in [-0.2, 0) is 37.8 Å². The lowest BCUT2D eigenvalue weighted by Crippen LogP contribution is -3.00. The van der Waals surface area contributed by atoms with Crippen molar-refractivity contribution in [1.29, 1.82) is 10.5 Å². The molecule has 4 aromatic rings. The highest BCUT2D eigenvalue weighted by Gasteiger charge is 2.53. The molecule has 13 heterocycles. The van der Waals surface area contributed by atoms with E-state index in [1.165, 1.54) is 116 Å². The van der Waals surface area contributed by atoms with Crippen molar-refractivity contribution in [1.82, 2.24) is 89.7 Å². The second-order valence-corrected chi connectivity index (χ2v) is 46.5.